The fourth-order valence-electron chi connectivity index (χ4n) is 1.64. The second-order valence-corrected chi connectivity index (χ2v) is 4.22. The van der Waals surface area contributed by atoms with Gasteiger partial charge in [-0.2, -0.15) is 0 Å². The van der Waals surface area contributed by atoms with Gasteiger partial charge in [-0.05, 0) is 48.9 Å². The highest BCUT2D eigenvalue weighted by atomic mass is 35.5. The van der Waals surface area contributed by atoms with Crippen molar-refractivity contribution in [3.63, 3.8) is 0 Å². The number of aryl methyl sites for hydroxylation is 1. The Morgan fingerprint density at radius 1 is 1.46 bits per heavy atom. The first-order chi connectivity index (χ1) is 6.18. The number of rotatable bonds is 2. The summed E-state index contributed by atoms with van der Waals surface area (Å²) in [6.45, 7) is 1.99. The summed E-state index contributed by atoms with van der Waals surface area (Å²) in [5, 5.41) is 10.6. The van der Waals surface area contributed by atoms with E-state index in [9.17, 15) is 5.11 Å². The monoisotopic (exact) mass is 196 g/mol. The SMILES string of the molecule is Cc1cc(Cl)ccc1C(O)C1CC1. The molecule has 0 heterocycles. The number of aliphatic hydroxyl groups is 1. The molecule has 1 aromatic rings. The van der Waals surface area contributed by atoms with Crippen LogP contribution >= 0.6 is 11.6 Å². The molecule has 1 fully saturated rings. The van der Waals surface area contributed by atoms with Gasteiger partial charge in [0.2, 0.25) is 0 Å². The van der Waals surface area contributed by atoms with Crippen LogP contribution in [0.4, 0.5) is 0 Å². The van der Waals surface area contributed by atoms with Crippen molar-refractivity contribution in [1.82, 2.24) is 0 Å². The van der Waals surface area contributed by atoms with Crippen molar-refractivity contribution in [2.24, 2.45) is 5.92 Å². The predicted molar refractivity (Wildman–Crippen MR) is 53.9 cm³/mol. The van der Waals surface area contributed by atoms with Crippen molar-refractivity contribution >= 4 is 11.6 Å². The van der Waals surface area contributed by atoms with E-state index in [0.717, 1.165) is 29.0 Å². The quantitative estimate of drug-likeness (QED) is 0.771. The lowest BCUT2D eigenvalue weighted by Gasteiger charge is -2.12. The molecule has 0 spiro atoms. The van der Waals surface area contributed by atoms with Gasteiger partial charge < -0.3 is 5.11 Å². The van der Waals surface area contributed by atoms with Gasteiger partial charge in [-0.15, -0.1) is 0 Å². The summed E-state index contributed by atoms with van der Waals surface area (Å²) in [5.41, 5.74) is 2.12. The maximum atomic E-state index is 9.89. The normalized spacial score (nSPS) is 18.7. The summed E-state index contributed by atoms with van der Waals surface area (Å²) in [4.78, 5) is 0. The van der Waals surface area contributed by atoms with Crippen LogP contribution in [0.25, 0.3) is 0 Å². The molecule has 70 valence electrons. The van der Waals surface area contributed by atoms with Gasteiger partial charge in [0.05, 0.1) is 6.10 Å². The van der Waals surface area contributed by atoms with E-state index >= 15 is 0 Å². The zero-order chi connectivity index (χ0) is 9.42. The molecule has 13 heavy (non-hydrogen) atoms. The average molecular weight is 197 g/mol. The smallest absolute Gasteiger partial charge is 0.0820 e. The van der Waals surface area contributed by atoms with Crippen LogP contribution < -0.4 is 0 Å². The zero-order valence-electron chi connectivity index (χ0n) is 7.63. The summed E-state index contributed by atoms with van der Waals surface area (Å²) in [6, 6.07) is 5.68. The molecule has 1 atom stereocenters. The second kappa shape index (κ2) is 3.32. The third kappa shape index (κ3) is 1.87. The van der Waals surface area contributed by atoms with E-state index < -0.39 is 0 Å². The van der Waals surface area contributed by atoms with Gasteiger partial charge in [-0.25, -0.2) is 0 Å². The van der Waals surface area contributed by atoms with Crippen LogP contribution in [0.1, 0.15) is 30.1 Å². The molecule has 1 saturated carbocycles. The number of benzene rings is 1. The Balaban J connectivity index is 2.28. The maximum Gasteiger partial charge on any atom is 0.0820 e. The molecule has 1 unspecified atom stereocenters. The molecule has 2 heteroatoms. The minimum atomic E-state index is -0.280. The number of hydrogen-bond donors (Lipinski definition) is 1. The van der Waals surface area contributed by atoms with Gasteiger partial charge in [-0.3, -0.25) is 0 Å². The van der Waals surface area contributed by atoms with Gasteiger partial charge >= 0.3 is 0 Å². The van der Waals surface area contributed by atoms with E-state index in [2.05, 4.69) is 0 Å². The highest BCUT2D eigenvalue weighted by Crippen LogP contribution is 2.41. The number of hydrogen-bond acceptors (Lipinski definition) is 1. The predicted octanol–water partition coefficient (Wildman–Crippen LogP) is 3.09. The molecule has 1 aliphatic carbocycles. The maximum absolute atomic E-state index is 9.89. The fraction of sp³-hybridized carbons (Fsp3) is 0.455. The Labute approximate surface area is 83.3 Å². The Bertz CT molecular complexity index is 318. The highest BCUT2D eigenvalue weighted by Gasteiger charge is 2.31. The standard InChI is InChI=1S/C11H13ClO/c1-7-6-9(12)4-5-10(7)11(13)8-2-3-8/h4-6,8,11,13H,2-3H2,1H3. The van der Waals surface area contributed by atoms with Crippen molar-refractivity contribution in [2.75, 3.05) is 0 Å². The van der Waals surface area contributed by atoms with Crippen LogP contribution in [-0.4, -0.2) is 5.11 Å². The van der Waals surface area contributed by atoms with Crippen molar-refractivity contribution in [2.45, 2.75) is 25.9 Å². The van der Waals surface area contributed by atoms with E-state index in [1.54, 1.807) is 0 Å². The lowest BCUT2D eigenvalue weighted by Crippen LogP contribution is -2.01. The fourth-order valence-corrected chi connectivity index (χ4v) is 1.86. The average Bonchev–Trinajstić information content (AvgIpc) is 2.85. The highest BCUT2D eigenvalue weighted by molar-refractivity contribution is 6.30. The van der Waals surface area contributed by atoms with E-state index in [1.165, 1.54) is 0 Å². The third-order valence-corrected chi connectivity index (χ3v) is 2.85. The summed E-state index contributed by atoms with van der Waals surface area (Å²) in [5.74, 6) is 0.486. The third-order valence-electron chi connectivity index (χ3n) is 2.62. The van der Waals surface area contributed by atoms with Crippen molar-refractivity contribution in [3.05, 3.63) is 34.3 Å². The minimum Gasteiger partial charge on any atom is -0.388 e. The topological polar surface area (TPSA) is 20.2 Å². The molecule has 1 nitrogen and oxygen atoms in total. The number of aliphatic hydroxyl groups excluding tert-OH is 1. The molecule has 1 N–H and O–H groups in total. The van der Waals surface area contributed by atoms with Gasteiger partial charge in [0.1, 0.15) is 0 Å². The molecule has 1 aliphatic rings. The van der Waals surface area contributed by atoms with Gasteiger partial charge in [0.25, 0.3) is 0 Å². The molecule has 0 bridgehead atoms. The molecule has 2 rings (SSSR count). The molecule has 1 aromatic carbocycles. The van der Waals surface area contributed by atoms with E-state index in [4.69, 9.17) is 11.6 Å². The molecule has 0 aromatic heterocycles. The van der Waals surface area contributed by atoms with Crippen LogP contribution in [0, 0.1) is 12.8 Å². The first kappa shape index (κ1) is 9.04. The first-order valence-electron chi connectivity index (χ1n) is 4.62. The zero-order valence-corrected chi connectivity index (χ0v) is 8.38. The van der Waals surface area contributed by atoms with Crippen molar-refractivity contribution in [1.29, 1.82) is 0 Å². The van der Waals surface area contributed by atoms with Gasteiger partial charge in [-0.1, -0.05) is 17.7 Å². The molecular weight excluding hydrogens is 184 g/mol. The summed E-state index contributed by atoms with van der Waals surface area (Å²) >= 11 is 5.84. The van der Waals surface area contributed by atoms with E-state index in [1.807, 2.05) is 25.1 Å². The van der Waals surface area contributed by atoms with Crippen molar-refractivity contribution in [3.8, 4) is 0 Å². The lowest BCUT2D eigenvalue weighted by molar-refractivity contribution is 0.153. The molecule has 0 radical (unpaired) electrons. The molecule has 0 aliphatic heterocycles. The Morgan fingerprint density at radius 2 is 2.15 bits per heavy atom. The first-order valence-corrected chi connectivity index (χ1v) is 5.00. The van der Waals surface area contributed by atoms with Crippen LogP contribution in [0.2, 0.25) is 5.02 Å². The van der Waals surface area contributed by atoms with E-state index in [0.29, 0.717) is 5.92 Å². The van der Waals surface area contributed by atoms with Crippen LogP contribution in [0.15, 0.2) is 18.2 Å². The van der Waals surface area contributed by atoms with Crippen LogP contribution in [0.3, 0.4) is 0 Å². The van der Waals surface area contributed by atoms with Crippen LogP contribution in [0.5, 0.6) is 0 Å². The Kier molecular flexibility index (Phi) is 2.31. The molecule has 0 amide bonds. The Morgan fingerprint density at radius 3 is 2.69 bits per heavy atom. The van der Waals surface area contributed by atoms with Gasteiger partial charge in [0.15, 0.2) is 0 Å². The van der Waals surface area contributed by atoms with Gasteiger partial charge in [0, 0.05) is 5.02 Å². The minimum absolute atomic E-state index is 0.280. The lowest BCUT2D eigenvalue weighted by atomic mass is 10.0. The molecular formula is C11H13ClO. The van der Waals surface area contributed by atoms with Crippen molar-refractivity contribution < 1.29 is 5.11 Å². The van der Waals surface area contributed by atoms with E-state index in [-0.39, 0.29) is 6.10 Å². The molecule has 0 saturated heterocycles. The summed E-state index contributed by atoms with van der Waals surface area (Å²) < 4.78 is 0. The number of halogens is 1. The van der Waals surface area contributed by atoms with Crippen LogP contribution in [-0.2, 0) is 0 Å². The Hall–Kier alpha value is -0.530. The largest absolute Gasteiger partial charge is 0.388 e. The second-order valence-electron chi connectivity index (χ2n) is 3.78. The summed E-state index contributed by atoms with van der Waals surface area (Å²) in [7, 11) is 0. The summed E-state index contributed by atoms with van der Waals surface area (Å²) in [6.07, 6.45) is 2.03.